The molecule has 106 valence electrons. The molecule has 0 aliphatic carbocycles. The Bertz CT molecular complexity index is 569. The fraction of sp³-hybridized carbons (Fsp3) is 0.455. The Morgan fingerprint density at radius 2 is 2.05 bits per heavy atom. The van der Waals surface area contributed by atoms with Gasteiger partial charge in [-0.2, -0.15) is 0 Å². The fourth-order valence-corrected chi connectivity index (χ4v) is 2.10. The average molecular weight is 287 g/mol. The van der Waals surface area contributed by atoms with E-state index >= 15 is 0 Å². The summed E-state index contributed by atoms with van der Waals surface area (Å²) in [4.78, 5) is 14.9. The van der Waals surface area contributed by atoms with Gasteiger partial charge in [0.2, 0.25) is 10.0 Å². The van der Waals surface area contributed by atoms with Crippen molar-refractivity contribution in [2.75, 3.05) is 31.7 Å². The molecule has 1 rings (SSSR count). The number of rotatable bonds is 6. The number of sulfonamides is 1. The quantitative estimate of drug-likeness (QED) is 0.785. The van der Waals surface area contributed by atoms with Crippen molar-refractivity contribution in [2.24, 2.45) is 0 Å². The molecule has 7 nitrogen and oxygen atoms in total. The molecule has 0 saturated carbocycles. The van der Waals surface area contributed by atoms with Gasteiger partial charge >= 0.3 is 5.97 Å². The van der Waals surface area contributed by atoms with Crippen molar-refractivity contribution in [3.05, 3.63) is 23.4 Å². The molecule has 1 aromatic rings. The topological polar surface area (TPSA) is 99.6 Å². The minimum Gasteiger partial charge on any atom is -0.478 e. The summed E-state index contributed by atoms with van der Waals surface area (Å²) in [6, 6.07) is 2.95. The Morgan fingerprint density at radius 3 is 2.53 bits per heavy atom. The lowest BCUT2D eigenvalue weighted by Crippen LogP contribution is -2.28. The minimum absolute atomic E-state index is 0.0542. The maximum absolute atomic E-state index is 11.5. The molecule has 1 aromatic heterocycles. The SMILES string of the molecule is Cc1nc(NCCS(=O)(=O)N(C)C)ccc1C(=O)O. The summed E-state index contributed by atoms with van der Waals surface area (Å²) in [5.74, 6) is -0.635. The highest BCUT2D eigenvalue weighted by Crippen LogP contribution is 2.10. The number of carboxylic acid groups (broad SMARTS) is 1. The third-order valence-corrected chi connectivity index (χ3v) is 4.37. The highest BCUT2D eigenvalue weighted by atomic mass is 32.2. The molecule has 1 heterocycles. The van der Waals surface area contributed by atoms with Crippen molar-refractivity contribution < 1.29 is 18.3 Å². The minimum atomic E-state index is -3.25. The first-order chi connectivity index (χ1) is 8.74. The van der Waals surface area contributed by atoms with E-state index < -0.39 is 16.0 Å². The number of carbonyl (C=O) groups is 1. The van der Waals surface area contributed by atoms with E-state index in [9.17, 15) is 13.2 Å². The van der Waals surface area contributed by atoms with Gasteiger partial charge in [0.15, 0.2) is 0 Å². The molecule has 19 heavy (non-hydrogen) atoms. The summed E-state index contributed by atoms with van der Waals surface area (Å²) < 4.78 is 24.2. The van der Waals surface area contributed by atoms with Crippen molar-refractivity contribution in [3.63, 3.8) is 0 Å². The Labute approximate surface area is 112 Å². The number of nitrogens with zero attached hydrogens (tertiary/aromatic N) is 2. The molecule has 0 aliphatic heterocycles. The maximum Gasteiger partial charge on any atom is 0.337 e. The number of pyridine rings is 1. The molecule has 0 aromatic carbocycles. The molecule has 0 atom stereocenters. The van der Waals surface area contributed by atoms with Gasteiger partial charge in [0.25, 0.3) is 0 Å². The second kappa shape index (κ2) is 5.98. The lowest BCUT2D eigenvalue weighted by atomic mass is 10.2. The molecule has 0 saturated heterocycles. The Morgan fingerprint density at radius 1 is 1.42 bits per heavy atom. The summed E-state index contributed by atoms with van der Waals surface area (Å²) in [7, 11) is -0.308. The van der Waals surface area contributed by atoms with Crippen LogP contribution in [0, 0.1) is 6.92 Å². The van der Waals surface area contributed by atoms with Gasteiger partial charge in [-0.3, -0.25) is 0 Å². The van der Waals surface area contributed by atoms with Crippen LogP contribution in [0.15, 0.2) is 12.1 Å². The summed E-state index contributed by atoms with van der Waals surface area (Å²) in [6.45, 7) is 1.80. The van der Waals surface area contributed by atoms with Crippen LogP contribution in [-0.2, 0) is 10.0 Å². The van der Waals surface area contributed by atoms with Crippen LogP contribution in [-0.4, -0.2) is 55.2 Å². The number of aromatic nitrogens is 1. The second-order valence-corrected chi connectivity index (χ2v) is 6.46. The van der Waals surface area contributed by atoms with Crippen LogP contribution < -0.4 is 5.32 Å². The monoisotopic (exact) mass is 287 g/mol. The smallest absolute Gasteiger partial charge is 0.337 e. The molecule has 0 radical (unpaired) electrons. The molecule has 2 N–H and O–H groups in total. The van der Waals surface area contributed by atoms with Crippen LogP contribution in [0.3, 0.4) is 0 Å². The van der Waals surface area contributed by atoms with Crippen LogP contribution in [0.2, 0.25) is 0 Å². The number of aryl methyl sites for hydroxylation is 1. The molecular formula is C11H17N3O4S. The summed E-state index contributed by atoms with van der Waals surface area (Å²) in [6.07, 6.45) is 0. The molecule has 8 heteroatoms. The molecule has 0 bridgehead atoms. The van der Waals surface area contributed by atoms with Gasteiger partial charge in [-0.05, 0) is 19.1 Å². The molecular weight excluding hydrogens is 270 g/mol. The Hall–Kier alpha value is -1.67. The molecule has 0 fully saturated rings. The third-order valence-electron chi connectivity index (χ3n) is 2.54. The zero-order valence-corrected chi connectivity index (χ0v) is 11.9. The van der Waals surface area contributed by atoms with Gasteiger partial charge in [0.1, 0.15) is 5.82 Å². The van der Waals surface area contributed by atoms with E-state index in [1.165, 1.54) is 26.2 Å². The molecule has 0 amide bonds. The summed E-state index contributed by atoms with van der Waals surface area (Å²) in [5, 5.41) is 11.7. The lowest BCUT2D eigenvalue weighted by Gasteiger charge is -2.12. The number of nitrogens with one attached hydrogen (secondary N) is 1. The highest BCUT2D eigenvalue weighted by molar-refractivity contribution is 7.89. The number of carboxylic acids is 1. The Balaban J connectivity index is 2.65. The number of anilines is 1. The molecule has 0 aliphatic rings. The standard InChI is InChI=1S/C11H17N3O4S/c1-8-9(11(15)16)4-5-10(13-8)12-6-7-19(17,18)14(2)3/h4-5H,6-7H2,1-3H3,(H,12,13)(H,15,16). The fourth-order valence-electron chi connectivity index (χ4n) is 1.38. The number of aromatic carboxylic acids is 1. The third kappa shape index (κ3) is 4.18. The van der Waals surface area contributed by atoms with Crippen LogP contribution in [0.4, 0.5) is 5.82 Å². The lowest BCUT2D eigenvalue weighted by molar-refractivity contribution is 0.0695. The molecule has 0 spiro atoms. The van der Waals surface area contributed by atoms with Crippen LogP contribution >= 0.6 is 0 Å². The van der Waals surface area contributed by atoms with Crippen LogP contribution in [0.5, 0.6) is 0 Å². The van der Waals surface area contributed by atoms with E-state index in [1.807, 2.05) is 0 Å². The van der Waals surface area contributed by atoms with Gasteiger partial charge in [-0.25, -0.2) is 22.5 Å². The highest BCUT2D eigenvalue weighted by Gasteiger charge is 2.13. The normalized spacial score (nSPS) is 11.6. The van der Waals surface area contributed by atoms with Crippen molar-refractivity contribution in [1.29, 1.82) is 0 Å². The van der Waals surface area contributed by atoms with Gasteiger partial charge in [-0.15, -0.1) is 0 Å². The van der Waals surface area contributed by atoms with E-state index in [1.54, 1.807) is 6.92 Å². The largest absolute Gasteiger partial charge is 0.478 e. The van der Waals surface area contributed by atoms with E-state index in [0.717, 1.165) is 4.31 Å². The second-order valence-electron chi connectivity index (χ2n) is 4.16. The first-order valence-corrected chi connectivity index (χ1v) is 7.20. The Kier molecular flexibility index (Phi) is 4.84. The van der Waals surface area contributed by atoms with Crippen LogP contribution in [0.1, 0.15) is 16.1 Å². The van der Waals surface area contributed by atoms with Gasteiger partial charge in [0.05, 0.1) is 17.0 Å². The predicted octanol–water partition coefficient (Wildman–Crippen LogP) is 0.392. The van der Waals surface area contributed by atoms with E-state index in [0.29, 0.717) is 11.5 Å². The first kappa shape index (κ1) is 15.4. The van der Waals surface area contributed by atoms with Gasteiger partial charge in [-0.1, -0.05) is 0 Å². The average Bonchev–Trinajstić information content (AvgIpc) is 2.28. The van der Waals surface area contributed by atoms with Crippen molar-refractivity contribution in [3.8, 4) is 0 Å². The van der Waals surface area contributed by atoms with Gasteiger partial charge in [0, 0.05) is 20.6 Å². The summed E-state index contributed by atoms with van der Waals surface area (Å²) >= 11 is 0. The van der Waals surface area contributed by atoms with E-state index in [4.69, 9.17) is 5.11 Å². The van der Waals surface area contributed by atoms with Gasteiger partial charge < -0.3 is 10.4 Å². The predicted molar refractivity (Wildman–Crippen MR) is 71.9 cm³/mol. The van der Waals surface area contributed by atoms with E-state index in [2.05, 4.69) is 10.3 Å². The number of hydrogen-bond acceptors (Lipinski definition) is 5. The van der Waals surface area contributed by atoms with Crippen molar-refractivity contribution in [2.45, 2.75) is 6.92 Å². The van der Waals surface area contributed by atoms with E-state index in [-0.39, 0.29) is 17.9 Å². The maximum atomic E-state index is 11.5. The zero-order chi connectivity index (χ0) is 14.6. The molecule has 0 unspecified atom stereocenters. The summed E-state index contributed by atoms with van der Waals surface area (Å²) in [5.41, 5.74) is 0.513. The zero-order valence-electron chi connectivity index (χ0n) is 11.0. The first-order valence-electron chi connectivity index (χ1n) is 5.59. The van der Waals surface area contributed by atoms with Crippen molar-refractivity contribution in [1.82, 2.24) is 9.29 Å². The van der Waals surface area contributed by atoms with Crippen LogP contribution in [0.25, 0.3) is 0 Å². The van der Waals surface area contributed by atoms with Crippen molar-refractivity contribution >= 4 is 21.8 Å². The number of hydrogen-bond donors (Lipinski definition) is 2.